The number of rotatable bonds is 5. The average Bonchev–Trinajstić information content (AvgIpc) is 2.29. The third-order valence-electron chi connectivity index (χ3n) is 1.82. The molecule has 0 unspecified atom stereocenters. The van der Waals surface area contributed by atoms with Gasteiger partial charge in [0.2, 0.25) is 0 Å². The predicted molar refractivity (Wildman–Crippen MR) is 70.8 cm³/mol. The maximum Gasteiger partial charge on any atom is 0.176 e. The number of hydrogen-bond donors (Lipinski definition) is 1. The maximum absolute atomic E-state index is 8.51. The minimum atomic E-state index is -0.0382. The molecule has 0 bridgehead atoms. The predicted octanol–water partition coefficient (Wildman–Crippen LogP) is 2.40. The van der Waals surface area contributed by atoms with Crippen LogP contribution in [0.25, 0.3) is 0 Å². The summed E-state index contributed by atoms with van der Waals surface area (Å²) >= 11 is 2.07. The van der Waals surface area contributed by atoms with Gasteiger partial charge >= 0.3 is 0 Å². The van der Waals surface area contributed by atoms with Crippen molar-refractivity contribution in [2.24, 2.45) is 5.16 Å². The van der Waals surface area contributed by atoms with Crippen LogP contribution in [0.5, 0.6) is 11.5 Å². The van der Waals surface area contributed by atoms with Crippen molar-refractivity contribution in [2.75, 3.05) is 13.2 Å². The van der Waals surface area contributed by atoms with Crippen LogP contribution < -0.4 is 9.47 Å². The zero-order chi connectivity index (χ0) is 12.7. The van der Waals surface area contributed by atoms with E-state index in [9.17, 15) is 0 Å². The van der Waals surface area contributed by atoms with E-state index in [0.717, 1.165) is 3.57 Å². The Morgan fingerprint density at radius 1 is 1.53 bits per heavy atom. The molecular weight excluding hydrogens is 335 g/mol. The summed E-state index contributed by atoms with van der Waals surface area (Å²) in [4.78, 5) is 0. The van der Waals surface area contributed by atoms with Crippen LogP contribution in [-0.4, -0.2) is 24.6 Å². The fraction of sp³-hybridized carbons (Fsp3) is 0.273. The number of nitriles is 1. The van der Waals surface area contributed by atoms with Crippen molar-refractivity contribution >= 4 is 28.8 Å². The first-order chi connectivity index (χ1) is 8.22. The molecule has 0 heterocycles. The highest BCUT2D eigenvalue weighted by Gasteiger charge is 2.11. The second-order valence-corrected chi connectivity index (χ2v) is 4.12. The topological polar surface area (TPSA) is 74.8 Å². The Morgan fingerprint density at radius 3 is 2.88 bits per heavy atom. The third kappa shape index (κ3) is 3.78. The molecule has 5 nitrogen and oxygen atoms in total. The highest BCUT2D eigenvalue weighted by Crippen LogP contribution is 2.33. The van der Waals surface area contributed by atoms with Gasteiger partial charge in [0.05, 0.1) is 16.4 Å². The Bertz CT molecular complexity index is 455. The van der Waals surface area contributed by atoms with Crippen molar-refractivity contribution in [3.05, 3.63) is 21.3 Å². The fourth-order valence-corrected chi connectivity index (χ4v) is 2.02. The van der Waals surface area contributed by atoms with Gasteiger partial charge < -0.3 is 14.7 Å². The van der Waals surface area contributed by atoms with Gasteiger partial charge in [0.1, 0.15) is 6.07 Å². The fourth-order valence-electron chi connectivity index (χ4n) is 1.24. The molecule has 0 saturated heterocycles. The van der Waals surface area contributed by atoms with E-state index in [1.54, 1.807) is 12.1 Å². The van der Waals surface area contributed by atoms with Gasteiger partial charge in [-0.05, 0) is 41.6 Å². The molecule has 0 atom stereocenters. The molecule has 0 aromatic heterocycles. The zero-order valence-corrected chi connectivity index (χ0v) is 11.3. The van der Waals surface area contributed by atoms with Crippen LogP contribution in [-0.2, 0) is 0 Å². The smallest absolute Gasteiger partial charge is 0.176 e. The molecule has 1 aromatic carbocycles. The summed E-state index contributed by atoms with van der Waals surface area (Å²) in [6, 6.07) is 5.37. The van der Waals surface area contributed by atoms with Gasteiger partial charge in [0.15, 0.2) is 18.1 Å². The zero-order valence-electron chi connectivity index (χ0n) is 9.18. The molecule has 90 valence electrons. The van der Waals surface area contributed by atoms with E-state index in [0.29, 0.717) is 23.7 Å². The standard InChI is InChI=1S/C11H11IN2O3/c1-2-16-10-6-8(7-14-15)5-9(12)11(10)17-4-3-13/h5-7,15H,2,4H2,1H3. The molecule has 0 aliphatic carbocycles. The van der Waals surface area contributed by atoms with Gasteiger partial charge in [0, 0.05) is 5.56 Å². The van der Waals surface area contributed by atoms with Crippen LogP contribution in [0.4, 0.5) is 0 Å². The van der Waals surface area contributed by atoms with Crippen LogP contribution >= 0.6 is 22.6 Å². The van der Waals surface area contributed by atoms with Crippen molar-refractivity contribution in [1.82, 2.24) is 0 Å². The Morgan fingerprint density at radius 2 is 2.29 bits per heavy atom. The molecule has 6 heteroatoms. The molecule has 1 aromatic rings. The molecule has 1 rings (SSSR count). The van der Waals surface area contributed by atoms with Gasteiger partial charge in [-0.15, -0.1) is 0 Å². The van der Waals surface area contributed by atoms with Crippen molar-refractivity contribution < 1.29 is 14.7 Å². The molecule has 0 amide bonds. The normalized spacial score (nSPS) is 10.2. The molecule has 0 radical (unpaired) electrons. The largest absolute Gasteiger partial charge is 0.490 e. The van der Waals surface area contributed by atoms with E-state index in [1.807, 2.05) is 13.0 Å². The summed E-state index contributed by atoms with van der Waals surface area (Å²) in [7, 11) is 0. The van der Waals surface area contributed by atoms with E-state index in [4.69, 9.17) is 19.9 Å². The van der Waals surface area contributed by atoms with E-state index >= 15 is 0 Å². The second kappa shape index (κ2) is 6.96. The molecule has 0 fully saturated rings. The molecule has 0 saturated carbocycles. The number of halogens is 1. The van der Waals surface area contributed by atoms with Crippen molar-refractivity contribution in [3.63, 3.8) is 0 Å². The molecule has 17 heavy (non-hydrogen) atoms. The van der Waals surface area contributed by atoms with Crippen LogP contribution in [0.2, 0.25) is 0 Å². The lowest BCUT2D eigenvalue weighted by Crippen LogP contribution is -2.02. The number of oxime groups is 1. The number of nitrogens with zero attached hydrogens (tertiary/aromatic N) is 2. The number of hydrogen-bond acceptors (Lipinski definition) is 5. The maximum atomic E-state index is 8.51. The number of ether oxygens (including phenoxy) is 2. The molecule has 0 aliphatic heterocycles. The lowest BCUT2D eigenvalue weighted by Gasteiger charge is -2.12. The van der Waals surface area contributed by atoms with Crippen LogP contribution in [0, 0.1) is 14.9 Å². The van der Waals surface area contributed by atoms with E-state index in [-0.39, 0.29) is 6.61 Å². The average molecular weight is 346 g/mol. The van der Waals surface area contributed by atoms with Gasteiger partial charge in [0.25, 0.3) is 0 Å². The quantitative estimate of drug-likeness (QED) is 0.385. The Hall–Kier alpha value is -1.49. The summed E-state index contributed by atoms with van der Waals surface area (Å²) in [6.45, 7) is 2.30. The Labute approximate surface area is 113 Å². The first-order valence-corrected chi connectivity index (χ1v) is 5.94. The van der Waals surface area contributed by atoms with Crippen molar-refractivity contribution in [3.8, 4) is 17.6 Å². The lowest BCUT2D eigenvalue weighted by molar-refractivity contribution is 0.297. The molecule has 1 N–H and O–H groups in total. The summed E-state index contributed by atoms with van der Waals surface area (Å²) < 4.78 is 11.5. The summed E-state index contributed by atoms with van der Waals surface area (Å²) in [5.41, 5.74) is 0.699. The van der Waals surface area contributed by atoms with E-state index in [1.165, 1.54) is 6.21 Å². The Kier molecular flexibility index (Phi) is 5.56. The second-order valence-electron chi connectivity index (χ2n) is 2.95. The lowest BCUT2D eigenvalue weighted by atomic mass is 10.2. The first kappa shape index (κ1) is 13.6. The third-order valence-corrected chi connectivity index (χ3v) is 2.62. The summed E-state index contributed by atoms with van der Waals surface area (Å²) in [5.74, 6) is 1.06. The van der Waals surface area contributed by atoms with Crippen LogP contribution in [0.1, 0.15) is 12.5 Å². The molecular formula is C11H11IN2O3. The minimum Gasteiger partial charge on any atom is -0.490 e. The van der Waals surface area contributed by atoms with Gasteiger partial charge in [-0.1, -0.05) is 5.16 Å². The van der Waals surface area contributed by atoms with Crippen LogP contribution in [0.15, 0.2) is 17.3 Å². The van der Waals surface area contributed by atoms with Gasteiger partial charge in [-0.25, -0.2) is 0 Å². The minimum absolute atomic E-state index is 0.0382. The van der Waals surface area contributed by atoms with Crippen molar-refractivity contribution in [1.29, 1.82) is 5.26 Å². The SMILES string of the molecule is CCOc1cc(C=NO)cc(I)c1OCC#N. The van der Waals surface area contributed by atoms with Crippen molar-refractivity contribution in [2.45, 2.75) is 6.92 Å². The monoisotopic (exact) mass is 346 g/mol. The summed E-state index contributed by atoms with van der Waals surface area (Å²) in [5, 5.41) is 20.0. The highest BCUT2D eigenvalue weighted by atomic mass is 127. The van der Waals surface area contributed by atoms with Gasteiger partial charge in [-0.2, -0.15) is 5.26 Å². The van der Waals surface area contributed by atoms with E-state index in [2.05, 4.69) is 27.7 Å². The first-order valence-electron chi connectivity index (χ1n) is 4.86. The Balaban J connectivity index is 3.13. The van der Waals surface area contributed by atoms with Crippen LogP contribution in [0.3, 0.4) is 0 Å². The molecule has 0 spiro atoms. The van der Waals surface area contributed by atoms with Gasteiger partial charge in [-0.3, -0.25) is 0 Å². The molecule has 0 aliphatic rings. The summed E-state index contributed by atoms with van der Waals surface area (Å²) in [6.07, 6.45) is 1.30. The highest BCUT2D eigenvalue weighted by molar-refractivity contribution is 14.1. The van der Waals surface area contributed by atoms with E-state index < -0.39 is 0 Å². The number of benzene rings is 1.